The third-order valence-electron chi connectivity index (χ3n) is 3.59. The summed E-state index contributed by atoms with van der Waals surface area (Å²) in [6.45, 7) is 9.72. The molecule has 0 radical (unpaired) electrons. The van der Waals surface area contributed by atoms with Gasteiger partial charge in [0.05, 0.1) is 0 Å². The molecule has 0 spiro atoms. The lowest BCUT2D eigenvalue weighted by Crippen LogP contribution is -2.53. The van der Waals surface area contributed by atoms with Crippen molar-refractivity contribution in [1.29, 1.82) is 0 Å². The first-order chi connectivity index (χ1) is 6.08. The van der Waals surface area contributed by atoms with Crippen molar-refractivity contribution in [2.45, 2.75) is 53.6 Å². The number of rotatable bonds is 4. The van der Waals surface area contributed by atoms with E-state index in [1.54, 1.807) is 27.7 Å². The normalized spacial score (nSPS) is 18.0. The molecule has 3 heteroatoms. The fourth-order valence-corrected chi connectivity index (χ4v) is 1.72. The van der Waals surface area contributed by atoms with E-state index in [4.69, 9.17) is 0 Å². The third-order valence-corrected chi connectivity index (χ3v) is 3.59. The molecule has 0 nitrogen and oxygen atoms in total. The van der Waals surface area contributed by atoms with Crippen LogP contribution in [0, 0.1) is 17.3 Å². The molecule has 0 aromatic carbocycles. The van der Waals surface area contributed by atoms with E-state index in [0.29, 0.717) is 0 Å². The number of alkyl halides is 3. The maximum Gasteiger partial charge on any atom is 0.272 e. The highest BCUT2D eigenvalue weighted by molar-refractivity contribution is 4.99. The van der Waals surface area contributed by atoms with Crippen LogP contribution in [0.1, 0.15) is 41.5 Å². The van der Waals surface area contributed by atoms with Gasteiger partial charge in [-0.25, -0.2) is 13.2 Å². The highest BCUT2D eigenvalue weighted by atomic mass is 19.3. The van der Waals surface area contributed by atoms with Crippen molar-refractivity contribution in [3.63, 3.8) is 0 Å². The van der Waals surface area contributed by atoms with E-state index in [-0.39, 0.29) is 5.92 Å². The van der Waals surface area contributed by atoms with Gasteiger partial charge in [0.2, 0.25) is 0 Å². The van der Waals surface area contributed by atoms with Crippen molar-refractivity contribution >= 4 is 0 Å². The van der Waals surface area contributed by atoms with E-state index < -0.39 is 23.4 Å². The second-order valence-corrected chi connectivity index (χ2v) is 5.10. The van der Waals surface area contributed by atoms with Crippen LogP contribution in [-0.4, -0.2) is 12.1 Å². The second kappa shape index (κ2) is 4.11. The Morgan fingerprint density at radius 2 is 1.21 bits per heavy atom. The zero-order valence-electron chi connectivity index (χ0n) is 9.87. The first-order valence-electron chi connectivity index (χ1n) is 5.05. The van der Waals surface area contributed by atoms with Crippen molar-refractivity contribution < 1.29 is 13.2 Å². The Morgan fingerprint density at radius 3 is 1.29 bits per heavy atom. The highest BCUT2D eigenvalue weighted by Crippen LogP contribution is 2.49. The molecular weight excluding hydrogens is 189 g/mol. The van der Waals surface area contributed by atoms with Gasteiger partial charge in [0.25, 0.3) is 6.43 Å². The van der Waals surface area contributed by atoms with Gasteiger partial charge in [-0.05, 0) is 11.8 Å². The predicted octanol–water partition coefficient (Wildman–Crippen LogP) is 4.30. The van der Waals surface area contributed by atoms with Crippen LogP contribution in [0.4, 0.5) is 13.2 Å². The van der Waals surface area contributed by atoms with Crippen LogP contribution in [0.2, 0.25) is 0 Å². The maximum atomic E-state index is 14.3. The molecule has 0 aromatic heterocycles. The first kappa shape index (κ1) is 13.8. The van der Waals surface area contributed by atoms with Gasteiger partial charge in [0, 0.05) is 5.41 Å². The topological polar surface area (TPSA) is 0 Å². The molecule has 0 heterocycles. The highest BCUT2D eigenvalue weighted by Gasteiger charge is 2.56. The van der Waals surface area contributed by atoms with E-state index in [0.717, 1.165) is 0 Å². The average Bonchev–Trinajstić information content (AvgIpc) is 2.01. The van der Waals surface area contributed by atoms with E-state index in [9.17, 15) is 13.2 Å². The minimum atomic E-state index is -2.93. The Hall–Kier alpha value is -0.210. The summed E-state index contributed by atoms with van der Waals surface area (Å²) in [7, 11) is 0. The molecule has 0 fully saturated rings. The van der Waals surface area contributed by atoms with Gasteiger partial charge in [0.1, 0.15) is 0 Å². The molecule has 0 bridgehead atoms. The number of hydrogen-bond donors (Lipinski definition) is 0. The van der Waals surface area contributed by atoms with Crippen molar-refractivity contribution in [2.24, 2.45) is 17.3 Å². The van der Waals surface area contributed by atoms with Gasteiger partial charge in [-0.3, -0.25) is 0 Å². The summed E-state index contributed by atoms with van der Waals surface area (Å²) in [6, 6.07) is 0. The Bertz CT molecular complexity index is 175. The maximum absolute atomic E-state index is 14.3. The molecular formula is C11H21F3. The molecule has 0 N–H and O–H groups in total. The zero-order valence-corrected chi connectivity index (χ0v) is 9.87. The summed E-state index contributed by atoms with van der Waals surface area (Å²) in [5.74, 6) is -0.802. The van der Waals surface area contributed by atoms with Crippen LogP contribution in [0.3, 0.4) is 0 Å². The summed E-state index contributed by atoms with van der Waals surface area (Å²) >= 11 is 0. The Morgan fingerprint density at radius 1 is 0.857 bits per heavy atom. The molecule has 0 rings (SSSR count). The monoisotopic (exact) mass is 210 g/mol. The smallest absolute Gasteiger partial charge is 0.237 e. The zero-order chi connectivity index (χ0) is 11.7. The van der Waals surface area contributed by atoms with Crippen LogP contribution < -0.4 is 0 Å². The lowest BCUT2D eigenvalue weighted by Gasteiger charge is -2.45. The number of hydrogen-bond acceptors (Lipinski definition) is 0. The molecule has 0 aliphatic rings. The summed E-state index contributed by atoms with van der Waals surface area (Å²) in [6.07, 6.45) is -2.93. The quantitative estimate of drug-likeness (QED) is 0.649. The Kier molecular flexibility index (Phi) is 4.05. The van der Waals surface area contributed by atoms with Crippen molar-refractivity contribution in [3.8, 4) is 0 Å². The van der Waals surface area contributed by atoms with Gasteiger partial charge in [-0.15, -0.1) is 0 Å². The van der Waals surface area contributed by atoms with Gasteiger partial charge >= 0.3 is 0 Å². The molecule has 1 unspecified atom stereocenters. The van der Waals surface area contributed by atoms with E-state index in [1.807, 2.05) is 0 Å². The lowest BCUT2D eigenvalue weighted by atomic mass is 9.64. The summed E-state index contributed by atoms with van der Waals surface area (Å²) in [5, 5.41) is 0. The molecule has 0 aromatic rings. The lowest BCUT2D eigenvalue weighted by molar-refractivity contribution is -0.152. The fourth-order valence-electron chi connectivity index (χ4n) is 1.72. The van der Waals surface area contributed by atoms with Gasteiger partial charge in [0.15, 0.2) is 5.67 Å². The van der Waals surface area contributed by atoms with Crippen LogP contribution >= 0.6 is 0 Å². The van der Waals surface area contributed by atoms with Crippen LogP contribution in [0.25, 0.3) is 0 Å². The molecule has 86 valence electrons. The second-order valence-electron chi connectivity index (χ2n) is 5.10. The molecule has 1 atom stereocenters. The third kappa shape index (κ3) is 1.91. The predicted molar refractivity (Wildman–Crippen MR) is 53.3 cm³/mol. The van der Waals surface area contributed by atoms with Crippen molar-refractivity contribution in [1.82, 2.24) is 0 Å². The summed E-state index contributed by atoms with van der Waals surface area (Å²) < 4.78 is 39.9. The van der Waals surface area contributed by atoms with E-state index in [2.05, 4.69) is 0 Å². The molecule has 0 aliphatic carbocycles. The molecule has 0 amide bonds. The standard InChI is InChI=1S/C11H21F3/c1-7(2)10(5,6)11(14,8(3)4)9(12)13/h7-9H,1-6H3. The van der Waals surface area contributed by atoms with Crippen LogP contribution in [-0.2, 0) is 0 Å². The fraction of sp³-hybridized carbons (Fsp3) is 1.00. The van der Waals surface area contributed by atoms with Crippen LogP contribution in [0.15, 0.2) is 0 Å². The Balaban J connectivity index is 5.21. The minimum Gasteiger partial charge on any atom is -0.237 e. The molecule has 0 saturated heterocycles. The molecule has 14 heavy (non-hydrogen) atoms. The van der Waals surface area contributed by atoms with Gasteiger partial charge < -0.3 is 0 Å². The van der Waals surface area contributed by atoms with Crippen LogP contribution in [0.5, 0.6) is 0 Å². The van der Waals surface area contributed by atoms with Crippen molar-refractivity contribution in [2.75, 3.05) is 0 Å². The first-order valence-corrected chi connectivity index (χ1v) is 5.05. The number of halogens is 3. The minimum absolute atomic E-state index is 0.121. The Labute approximate surface area is 84.9 Å². The molecule has 0 saturated carbocycles. The summed E-state index contributed by atoms with van der Waals surface area (Å²) in [5.41, 5.74) is -3.43. The van der Waals surface area contributed by atoms with Crippen molar-refractivity contribution in [3.05, 3.63) is 0 Å². The SMILES string of the molecule is CC(C)C(C)(C)C(F)(C(C)C)C(F)F. The van der Waals surface area contributed by atoms with E-state index >= 15 is 0 Å². The van der Waals surface area contributed by atoms with E-state index in [1.165, 1.54) is 13.8 Å². The largest absolute Gasteiger partial charge is 0.272 e. The van der Waals surface area contributed by atoms with Gasteiger partial charge in [-0.1, -0.05) is 41.5 Å². The summed E-state index contributed by atoms with van der Waals surface area (Å²) in [4.78, 5) is 0. The molecule has 0 aliphatic heterocycles. The average molecular weight is 210 g/mol. The van der Waals surface area contributed by atoms with Gasteiger partial charge in [-0.2, -0.15) is 0 Å².